The molecule has 5 fully saturated rings. The molecule has 6 aliphatic carbocycles. The van der Waals surface area contributed by atoms with Crippen molar-refractivity contribution in [3.63, 3.8) is 0 Å². The monoisotopic (exact) mass is 743 g/mol. The van der Waals surface area contributed by atoms with Crippen LogP contribution in [0.25, 0.3) is 0 Å². The fraction of sp³-hybridized carbons (Fsp3) is 0.841. The van der Waals surface area contributed by atoms with Crippen LogP contribution in [0.5, 0.6) is 0 Å². The molecule has 8 heteroatoms. The van der Waals surface area contributed by atoms with Crippen molar-refractivity contribution in [2.24, 2.45) is 56.7 Å². The maximum Gasteiger partial charge on any atom is 0.312 e. The zero-order valence-corrected chi connectivity index (χ0v) is 34.2. The summed E-state index contributed by atoms with van der Waals surface area (Å²) in [5.74, 6) is 3.13. The Labute approximate surface area is 316 Å². The average molecular weight is 743 g/mol. The topological polar surface area (TPSA) is 93.0 Å². The Morgan fingerprint density at radius 3 is 2.38 bits per heavy atom. The van der Waals surface area contributed by atoms with Crippen LogP contribution in [0.15, 0.2) is 35.5 Å². The van der Waals surface area contributed by atoms with Gasteiger partial charge in [0, 0.05) is 30.9 Å². The summed E-state index contributed by atoms with van der Waals surface area (Å²) in [7, 11) is -2.41. The van der Waals surface area contributed by atoms with Crippen molar-refractivity contribution < 1.29 is 23.4 Å². The number of allylic oxidation sites excluding steroid dienone is 5. The van der Waals surface area contributed by atoms with Crippen LogP contribution in [0.3, 0.4) is 0 Å². The van der Waals surface area contributed by atoms with Crippen molar-refractivity contribution in [2.75, 3.05) is 44.4 Å². The Balaban J connectivity index is 1.12. The predicted octanol–water partition coefficient (Wildman–Crippen LogP) is 10.1. The summed E-state index contributed by atoms with van der Waals surface area (Å²) in [6.45, 7) is 22.7. The third kappa shape index (κ3) is 5.96. The molecule has 0 aromatic rings. The van der Waals surface area contributed by atoms with E-state index in [4.69, 9.17) is 0 Å². The number of carboxylic acids is 1. The number of nitrogens with one attached hydrogen (secondary N) is 1. The van der Waals surface area contributed by atoms with Gasteiger partial charge in [-0.3, -0.25) is 13.9 Å². The van der Waals surface area contributed by atoms with Crippen molar-refractivity contribution in [2.45, 2.75) is 131 Å². The molecule has 1 saturated heterocycles. The molecule has 0 aromatic carbocycles. The largest absolute Gasteiger partial charge is 0.481 e. The highest BCUT2D eigenvalue weighted by molar-refractivity contribution is 8.24. The highest BCUT2D eigenvalue weighted by atomic mass is 32.3. The molecule has 10 atom stereocenters. The maximum atomic E-state index is 14.0. The number of aliphatic carboxylic acids is 1. The summed E-state index contributed by atoms with van der Waals surface area (Å²) in [6, 6.07) is 0. The summed E-state index contributed by atoms with van der Waals surface area (Å²) in [5, 5.41) is 14.1. The quantitative estimate of drug-likeness (QED) is 0.185. The first kappa shape index (κ1) is 39.1. The SMILES string of the molecule is C=C(C)[C@@H]1CC[C@]2(NCCN3CCCS(O)(O)CC3)CC[C@]3(C)[C@H](CC[C@@H]4[C@@]5(C)CC=C(C6=CCC(CF)(C(=O)O)CC6)C(C)(C)[C@@H]5CC[C@]43C)[C@@H]12. The van der Waals surface area contributed by atoms with E-state index in [1.165, 1.54) is 68.1 Å². The molecule has 0 spiro atoms. The first-order valence-corrected chi connectivity index (χ1v) is 22.8. The van der Waals surface area contributed by atoms with Crippen molar-refractivity contribution in [1.82, 2.24) is 10.2 Å². The van der Waals surface area contributed by atoms with Crippen molar-refractivity contribution in [3.8, 4) is 0 Å². The Kier molecular flexibility index (Phi) is 10.1. The van der Waals surface area contributed by atoms with E-state index in [0.29, 0.717) is 60.4 Å². The second-order valence-electron chi connectivity index (χ2n) is 20.4. The fourth-order valence-electron chi connectivity index (χ4n) is 14.8. The summed E-state index contributed by atoms with van der Waals surface area (Å²) < 4.78 is 34.6. The number of carbonyl (C=O) groups is 1. The molecular formula is C44H71FN2O4S. The smallest absolute Gasteiger partial charge is 0.312 e. The van der Waals surface area contributed by atoms with Gasteiger partial charge in [-0.15, -0.1) is 0 Å². The predicted molar refractivity (Wildman–Crippen MR) is 212 cm³/mol. The van der Waals surface area contributed by atoms with Gasteiger partial charge in [-0.05, 0) is 159 Å². The van der Waals surface area contributed by atoms with E-state index < -0.39 is 28.6 Å². The molecule has 1 heterocycles. The van der Waals surface area contributed by atoms with E-state index in [2.05, 4.69) is 70.5 Å². The molecule has 4 N–H and O–H groups in total. The molecule has 0 amide bonds. The molecule has 0 radical (unpaired) electrons. The number of rotatable bonds is 8. The van der Waals surface area contributed by atoms with Gasteiger partial charge in [-0.2, -0.15) is 10.6 Å². The molecule has 1 aliphatic heterocycles. The van der Waals surface area contributed by atoms with Crippen LogP contribution in [0.1, 0.15) is 125 Å². The normalized spacial score (nSPS) is 46.3. The van der Waals surface area contributed by atoms with E-state index in [9.17, 15) is 23.4 Å². The van der Waals surface area contributed by atoms with Crippen LogP contribution < -0.4 is 5.32 Å². The summed E-state index contributed by atoms with van der Waals surface area (Å²) in [5.41, 5.74) is 3.69. The van der Waals surface area contributed by atoms with Crippen LogP contribution >= 0.6 is 10.6 Å². The van der Waals surface area contributed by atoms with Gasteiger partial charge in [0.25, 0.3) is 0 Å². The molecule has 52 heavy (non-hydrogen) atoms. The number of nitrogens with zero attached hydrogens (tertiary/aromatic N) is 1. The highest BCUT2D eigenvalue weighted by Crippen LogP contribution is 2.76. The molecule has 1 unspecified atom stereocenters. The lowest BCUT2D eigenvalue weighted by atomic mass is 9.33. The van der Waals surface area contributed by atoms with Gasteiger partial charge in [0.15, 0.2) is 0 Å². The van der Waals surface area contributed by atoms with Gasteiger partial charge in [-0.1, -0.05) is 58.9 Å². The Morgan fingerprint density at radius 1 is 0.942 bits per heavy atom. The summed E-state index contributed by atoms with van der Waals surface area (Å²) in [6.07, 6.45) is 18.0. The van der Waals surface area contributed by atoms with Gasteiger partial charge in [0.2, 0.25) is 0 Å². The lowest BCUT2D eigenvalue weighted by Crippen LogP contribution is -2.68. The zero-order valence-electron chi connectivity index (χ0n) is 33.4. The Morgan fingerprint density at radius 2 is 1.71 bits per heavy atom. The zero-order chi connectivity index (χ0) is 37.5. The van der Waals surface area contributed by atoms with Gasteiger partial charge in [0.1, 0.15) is 6.67 Å². The van der Waals surface area contributed by atoms with E-state index in [-0.39, 0.29) is 27.2 Å². The van der Waals surface area contributed by atoms with Crippen LogP contribution in [0.4, 0.5) is 4.39 Å². The van der Waals surface area contributed by atoms with Gasteiger partial charge < -0.3 is 15.3 Å². The minimum atomic E-state index is -2.41. The van der Waals surface area contributed by atoms with Crippen LogP contribution in [0.2, 0.25) is 0 Å². The number of hydrogen-bond acceptors (Lipinski definition) is 5. The molecule has 0 bridgehead atoms. The maximum absolute atomic E-state index is 14.0. The number of alkyl halides is 1. The molecule has 0 aromatic heterocycles. The summed E-state index contributed by atoms with van der Waals surface area (Å²) in [4.78, 5) is 14.4. The fourth-order valence-corrected chi connectivity index (χ4v) is 16.2. The molecular weight excluding hydrogens is 672 g/mol. The van der Waals surface area contributed by atoms with E-state index >= 15 is 0 Å². The number of halogens is 1. The summed E-state index contributed by atoms with van der Waals surface area (Å²) >= 11 is 0. The van der Waals surface area contributed by atoms with Gasteiger partial charge in [-0.25, -0.2) is 4.39 Å². The van der Waals surface area contributed by atoms with Crippen molar-refractivity contribution >= 4 is 16.6 Å². The average Bonchev–Trinajstić information content (AvgIpc) is 3.38. The molecule has 7 aliphatic rings. The lowest BCUT2D eigenvalue weighted by Gasteiger charge is -2.72. The first-order chi connectivity index (χ1) is 24.4. The number of fused-ring (bicyclic) bond motifs is 7. The third-order valence-corrected chi connectivity index (χ3v) is 19.7. The minimum Gasteiger partial charge on any atom is -0.481 e. The second kappa shape index (κ2) is 13.5. The molecule has 4 saturated carbocycles. The molecule has 6 nitrogen and oxygen atoms in total. The van der Waals surface area contributed by atoms with Crippen molar-refractivity contribution in [1.29, 1.82) is 0 Å². The first-order valence-electron chi connectivity index (χ1n) is 20.9. The van der Waals surface area contributed by atoms with Crippen LogP contribution in [-0.4, -0.2) is 75.0 Å². The van der Waals surface area contributed by atoms with Crippen LogP contribution in [-0.2, 0) is 4.79 Å². The van der Waals surface area contributed by atoms with E-state index in [1.807, 2.05) is 0 Å². The third-order valence-electron chi connectivity index (χ3n) is 17.9. The number of carboxylic acid groups (broad SMARTS) is 1. The molecule has 294 valence electrons. The van der Waals surface area contributed by atoms with E-state index in [1.54, 1.807) is 0 Å². The minimum absolute atomic E-state index is 0.0104. The Hall–Kier alpha value is -1.19. The van der Waals surface area contributed by atoms with Gasteiger partial charge in [0.05, 0.1) is 11.2 Å². The highest BCUT2D eigenvalue weighted by Gasteiger charge is 2.70. The van der Waals surface area contributed by atoms with Crippen molar-refractivity contribution in [3.05, 3.63) is 35.5 Å². The number of hydrogen-bond donors (Lipinski definition) is 4. The second-order valence-corrected chi connectivity index (χ2v) is 22.8. The Bertz CT molecular complexity index is 1490. The molecule has 7 rings (SSSR count). The lowest BCUT2D eigenvalue weighted by molar-refractivity contribution is -0.221. The van der Waals surface area contributed by atoms with Gasteiger partial charge >= 0.3 is 5.97 Å². The van der Waals surface area contributed by atoms with Crippen LogP contribution in [0, 0.1) is 56.7 Å². The van der Waals surface area contributed by atoms with E-state index in [0.717, 1.165) is 39.0 Å². The standard InChI is InChI=1S/C44H71FN2O4S/c1-30(2)32-13-20-44(46-23-25-47-24-8-27-52(50,51)28-26-47)22-21-41(6)34(37(32)44)9-10-36-40(5)16-14-33(39(3,4)35(40)15-17-42(36,41)7)31-11-18-43(29-45,19-12-31)38(48)49/h11,14,32,34-37,46,50-51H,1,8-10,12-13,15-29H2,2-7H3,(H,48,49)/t32-,34+,35-,36+,37+,40-,41+,42+,43?,44-/m0/s1.